The van der Waals surface area contributed by atoms with Gasteiger partial charge in [0.1, 0.15) is 0 Å². The SMILES string of the molecule is C=COC(C)(C)N([O-])N(C)[NH-]. The van der Waals surface area contributed by atoms with Crippen molar-refractivity contribution in [2.24, 2.45) is 0 Å². The number of nitrogens with zero attached hydrogens (tertiary/aromatic N) is 2. The highest BCUT2D eigenvalue weighted by atomic mass is 16.6. The lowest BCUT2D eigenvalue weighted by molar-refractivity contribution is -0.139. The van der Waals surface area contributed by atoms with E-state index >= 15 is 0 Å². The third kappa shape index (κ3) is 2.85. The van der Waals surface area contributed by atoms with Crippen molar-refractivity contribution < 1.29 is 4.74 Å². The van der Waals surface area contributed by atoms with Crippen molar-refractivity contribution in [2.45, 2.75) is 19.6 Å². The van der Waals surface area contributed by atoms with Gasteiger partial charge in [-0.2, -0.15) is 0 Å². The Labute approximate surface area is 66.5 Å². The van der Waals surface area contributed by atoms with Crippen molar-refractivity contribution >= 4 is 0 Å². The first-order chi connectivity index (χ1) is 4.91. The van der Waals surface area contributed by atoms with Gasteiger partial charge in [0, 0.05) is 0 Å². The zero-order valence-electron chi connectivity index (χ0n) is 7.00. The highest BCUT2D eigenvalue weighted by Crippen LogP contribution is 2.16. The van der Waals surface area contributed by atoms with Gasteiger partial charge in [0.2, 0.25) is 0 Å². The van der Waals surface area contributed by atoms with Gasteiger partial charge >= 0.3 is 0 Å². The fourth-order valence-corrected chi connectivity index (χ4v) is 0.610. The Kier molecular flexibility index (Phi) is 3.47. The van der Waals surface area contributed by atoms with Crippen LogP contribution in [-0.2, 0) is 4.74 Å². The van der Waals surface area contributed by atoms with E-state index < -0.39 is 5.72 Å². The number of hydrazine groups is 1. The third-order valence-corrected chi connectivity index (χ3v) is 1.10. The zero-order valence-corrected chi connectivity index (χ0v) is 7.00. The van der Waals surface area contributed by atoms with Gasteiger partial charge in [-0.05, 0) is 20.9 Å². The number of nitrogens with one attached hydrogen (secondary N) is 1. The van der Waals surface area contributed by atoms with E-state index in [1.807, 2.05) is 0 Å². The summed E-state index contributed by atoms with van der Waals surface area (Å²) in [4.78, 5) is 0. The van der Waals surface area contributed by atoms with Gasteiger partial charge in [-0.1, -0.05) is 6.58 Å². The molecule has 0 saturated carbocycles. The Bertz CT molecular complexity index is 136. The molecule has 0 aromatic rings. The lowest BCUT2D eigenvalue weighted by Crippen LogP contribution is -2.47. The minimum Gasteiger partial charge on any atom is -0.770 e. The van der Waals surface area contributed by atoms with Gasteiger partial charge in [0.15, 0.2) is 5.72 Å². The third-order valence-electron chi connectivity index (χ3n) is 1.10. The number of hydroxylamine groups is 1. The smallest absolute Gasteiger partial charge is 0.156 e. The van der Waals surface area contributed by atoms with E-state index in [0.717, 1.165) is 0 Å². The lowest BCUT2D eigenvalue weighted by Gasteiger charge is -2.50. The van der Waals surface area contributed by atoms with Crippen LogP contribution in [0.15, 0.2) is 12.8 Å². The monoisotopic (exact) mass is 159 g/mol. The first kappa shape index (κ1) is 10.4. The first-order valence-corrected chi connectivity index (χ1v) is 3.13. The average molecular weight is 159 g/mol. The van der Waals surface area contributed by atoms with Crippen molar-refractivity contribution in [3.8, 4) is 0 Å². The van der Waals surface area contributed by atoms with Gasteiger partial charge in [-0.3, -0.25) is 5.17 Å². The van der Waals surface area contributed by atoms with E-state index in [-0.39, 0.29) is 0 Å². The average Bonchev–Trinajstić information content (AvgIpc) is 1.86. The predicted octanol–water partition coefficient (Wildman–Crippen LogP) is 1.50. The summed E-state index contributed by atoms with van der Waals surface area (Å²) in [5.41, 5.74) is -1.07. The van der Waals surface area contributed by atoms with Crippen molar-refractivity contribution in [2.75, 3.05) is 7.05 Å². The molecule has 0 bridgehead atoms. The highest BCUT2D eigenvalue weighted by molar-refractivity contribution is 4.72. The van der Waals surface area contributed by atoms with Crippen LogP contribution in [0.25, 0.3) is 5.84 Å². The second kappa shape index (κ2) is 3.68. The Morgan fingerprint density at radius 1 is 1.64 bits per heavy atom. The number of ether oxygens (including phenoxy) is 1. The normalized spacial score (nSPS) is 12.3. The predicted molar refractivity (Wildman–Crippen MR) is 42.7 cm³/mol. The first-order valence-electron chi connectivity index (χ1n) is 3.13. The molecule has 0 saturated heterocycles. The standard InChI is InChI=1S/C6H13N3O2/c1-5-11-6(2,3)9(10)8(4)7/h5,7H,1H2,2-4H3/q-2. The molecule has 66 valence electrons. The summed E-state index contributed by atoms with van der Waals surface area (Å²) in [7, 11) is 1.32. The molecule has 0 spiro atoms. The summed E-state index contributed by atoms with van der Waals surface area (Å²) in [6.07, 6.45) is 1.17. The molecule has 1 N–H and O–H groups in total. The molecule has 0 aromatic carbocycles. The fraction of sp³-hybridized carbons (Fsp3) is 0.667. The summed E-state index contributed by atoms with van der Waals surface area (Å²) in [6, 6.07) is 0. The molecule has 0 unspecified atom stereocenters. The Morgan fingerprint density at radius 2 is 2.09 bits per heavy atom. The van der Waals surface area contributed by atoms with Crippen LogP contribution >= 0.6 is 0 Å². The van der Waals surface area contributed by atoms with Crippen LogP contribution in [0.3, 0.4) is 0 Å². The van der Waals surface area contributed by atoms with Crippen molar-refractivity contribution in [1.29, 1.82) is 0 Å². The lowest BCUT2D eigenvalue weighted by atomic mass is 10.3. The molecule has 0 atom stereocenters. The molecule has 0 heterocycles. The minimum absolute atomic E-state index is 0.398. The molecule has 0 aliphatic carbocycles. The van der Waals surface area contributed by atoms with E-state index in [1.165, 1.54) is 13.3 Å². The van der Waals surface area contributed by atoms with Crippen molar-refractivity contribution in [1.82, 2.24) is 10.3 Å². The quantitative estimate of drug-likeness (QED) is 0.354. The molecule has 0 radical (unpaired) electrons. The molecule has 0 aliphatic heterocycles. The second-order valence-corrected chi connectivity index (χ2v) is 2.53. The second-order valence-electron chi connectivity index (χ2n) is 2.53. The Balaban J connectivity index is 4.15. The summed E-state index contributed by atoms with van der Waals surface area (Å²) in [5, 5.41) is 12.1. The molecule has 0 fully saturated rings. The molecular formula is C6H13N3O2-2. The number of hydrogen-bond acceptors (Lipinski definition) is 4. The van der Waals surface area contributed by atoms with Crippen LogP contribution in [0.2, 0.25) is 0 Å². The van der Waals surface area contributed by atoms with E-state index in [1.54, 1.807) is 13.8 Å². The fourth-order valence-electron chi connectivity index (χ4n) is 0.610. The van der Waals surface area contributed by atoms with Crippen LogP contribution in [0.1, 0.15) is 13.8 Å². The summed E-state index contributed by atoms with van der Waals surface area (Å²) in [5.74, 6) is 6.95. The largest absolute Gasteiger partial charge is 0.770 e. The Hall–Kier alpha value is -0.620. The van der Waals surface area contributed by atoms with Crippen LogP contribution in [0, 0.1) is 5.21 Å². The van der Waals surface area contributed by atoms with Crippen LogP contribution in [-0.4, -0.2) is 23.1 Å². The maximum absolute atomic E-state index is 11.0. The van der Waals surface area contributed by atoms with Gasteiger partial charge < -0.3 is 20.9 Å². The van der Waals surface area contributed by atoms with Crippen LogP contribution < -0.4 is 0 Å². The van der Waals surface area contributed by atoms with Gasteiger partial charge in [-0.15, -0.1) is 0 Å². The van der Waals surface area contributed by atoms with Crippen molar-refractivity contribution in [3.05, 3.63) is 23.9 Å². The number of rotatable bonds is 4. The maximum atomic E-state index is 11.0. The summed E-state index contributed by atoms with van der Waals surface area (Å²) >= 11 is 0. The molecule has 0 aliphatic rings. The van der Waals surface area contributed by atoms with Crippen molar-refractivity contribution in [3.63, 3.8) is 0 Å². The minimum atomic E-state index is -1.07. The molecule has 5 nitrogen and oxygen atoms in total. The molecule has 11 heavy (non-hydrogen) atoms. The molecule has 0 aromatic heterocycles. The van der Waals surface area contributed by atoms with Gasteiger partial charge in [0.05, 0.1) is 6.26 Å². The zero-order chi connectivity index (χ0) is 9.07. The van der Waals surface area contributed by atoms with Crippen LogP contribution in [0.4, 0.5) is 0 Å². The van der Waals surface area contributed by atoms with E-state index in [4.69, 9.17) is 10.6 Å². The summed E-state index contributed by atoms with van der Waals surface area (Å²) < 4.78 is 4.87. The molecule has 5 heteroatoms. The molecule has 0 rings (SSSR count). The van der Waals surface area contributed by atoms with Gasteiger partial charge in [-0.25, -0.2) is 0 Å². The number of hydrogen-bond donors (Lipinski definition) is 0. The highest BCUT2D eigenvalue weighted by Gasteiger charge is 2.18. The maximum Gasteiger partial charge on any atom is 0.156 e. The molecular weight excluding hydrogens is 146 g/mol. The van der Waals surface area contributed by atoms with E-state index in [2.05, 4.69) is 6.58 Å². The molecule has 0 amide bonds. The van der Waals surface area contributed by atoms with E-state index in [0.29, 0.717) is 10.3 Å². The topological polar surface area (TPSA) is 62.6 Å². The summed E-state index contributed by atoms with van der Waals surface area (Å²) in [6.45, 7) is 6.42. The van der Waals surface area contributed by atoms with Gasteiger partial charge in [0.25, 0.3) is 0 Å². The van der Waals surface area contributed by atoms with E-state index in [9.17, 15) is 5.21 Å². The van der Waals surface area contributed by atoms with Crippen LogP contribution in [0.5, 0.6) is 0 Å². The Morgan fingerprint density at radius 3 is 2.36 bits per heavy atom.